The van der Waals surface area contributed by atoms with Gasteiger partial charge in [0.1, 0.15) is 5.75 Å². The third-order valence-electron chi connectivity index (χ3n) is 1.82. The standard InChI is InChI=1S/C10H11F3NO/c11-10(12,13)15-9-6-2-1-4-8(9)5-3-7-14/h1-2,4,6,14H,3,5,7H2. The molecule has 0 aliphatic heterocycles. The number of aryl methyl sites for hydroxylation is 1. The summed E-state index contributed by atoms with van der Waals surface area (Å²) in [5.74, 6) is -0.168. The highest BCUT2D eigenvalue weighted by Gasteiger charge is 2.31. The van der Waals surface area contributed by atoms with Crippen LogP contribution in [0, 0.1) is 0 Å². The lowest BCUT2D eigenvalue weighted by atomic mass is 10.1. The summed E-state index contributed by atoms with van der Waals surface area (Å²) in [5, 5.41) is 0. The average molecular weight is 218 g/mol. The summed E-state index contributed by atoms with van der Waals surface area (Å²) in [6.07, 6.45) is -3.70. The fourth-order valence-corrected chi connectivity index (χ4v) is 1.21. The zero-order valence-electron chi connectivity index (χ0n) is 7.97. The van der Waals surface area contributed by atoms with E-state index in [4.69, 9.17) is 5.73 Å². The monoisotopic (exact) mass is 218 g/mol. The molecule has 2 nitrogen and oxygen atoms in total. The molecule has 0 heterocycles. The van der Waals surface area contributed by atoms with E-state index in [1.54, 1.807) is 12.1 Å². The molecule has 0 bridgehead atoms. The Bertz CT molecular complexity index is 312. The van der Waals surface area contributed by atoms with E-state index < -0.39 is 6.36 Å². The van der Waals surface area contributed by atoms with Gasteiger partial charge >= 0.3 is 6.36 Å². The van der Waals surface area contributed by atoms with Crippen LogP contribution in [0.5, 0.6) is 5.75 Å². The highest BCUT2D eigenvalue weighted by atomic mass is 19.4. The maximum absolute atomic E-state index is 12.0. The van der Waals surface area contributed by atoms with Gasteiger partial charge in [-0.15, -0.1) is 13.2 Å². The summed E-state index contributed by atoms with van der Waals surface area (Å²) in [6, 6.07) is 6.01. The molecule has 0 aliphatic rings. The number of para-hydroxylation sites is 1. The highest BCUT2D eigenvalue weighted by molar-refractivity contribution is 5.33. The smallest absolute Gasteiger partial charge is 0.406 e. The number of ether oxygens (including phenoxy) is 1. The number of alkyl halides is 3. The molecular weight excluding hydrogens is 207 g/mol. The fourth-order valence-electron chi connectivity index (χ4n) is 1.21. The number of benzene rings is 1. The van der Waals surface area contributed by atoms with Crippen LogP contribution in [0.1, 0.15) is 12.0 Å². The lowest BCUT2D eigenvalue weighted by Crippen LogP contribution is -2.18. The van der Waals surface area contributed by atoms with Gasteiger partial charge in [-0.2, -0.15) is 0 Å². The lowest BCUT2D eigenvalue weighted by molar-refractivity contribution is -0.274. The topological polar surface area (TPSA) is 33.0 Å². The first-order valence-corrected chi connectivity index (χ1v) is 4.51. The second kappa shape index (κ2) is 5.02. The Kier molecular flexibility index (Phi) is 3.96. The van der Waals surface area contributed by atoms with Crippen LogP contribution < -0.4 is 10.5 Å². The summed E-state index contributed by atoms with van der Waals surface area (Å²) in [6.45, 7) is 0.195. The molecule has 83 valence electrons. The van der Waals surface area contributed by atoms with E-state index in [1.807, 2.05) is 0 Å². The molecule has 0 atom stereocenters. The zero-order valence-corrected chi connectivity index (χ0v) is 7.97. The number of hydrogen-bond acceptors (Lipinski definition) is 1. The summed E-state index contributed by atoms with van der Waals surface area (Å²) < 4.78 is 39.8. The van der Waals surface area contributed by atoms with Crippen molar-refractivity contribution in [1.29, 1.82) is 0 Å². The van der Waals surface area contributed by atoms with Crippen LogP contribution in [-0.2, 0) is 6.42 Å². The molecule has 0 amide bonds. The SMILES string of the molecule is [NH]CCCc1ccccc1OC(F)(F)F. The van der Waals surface area contributed by atoms with E-state index in [1.165, 1.54) is 12.1 Å². The van der Waals surface area contributed by atoms with Crippen molar-refractivity contribution < 1.29 is 17.9 Å². The predicted molar refractivity (Wildman–Crippen MR) is 49.4 cm³/mol. The van der Waals surface area contributed by atoms with E-state index in [0.717, 1.165) is 0 Å². The molecule has 1 radical (unpaired) electrons. The maximum Gasteiger partial charge on any atom is 0.573 e. The van der Waals surface area contributed by atoms with Crippen molar-refractivity contribution in [2.75, 3.05) is 6.54 Å². The third-order valence-corrected chi connectivity index (χ3v) is 1.82. The van der Waals surface area contributed by atoms with Crippen LogP contribution in [0.3, 0.4) is 0 Å². The Morgan fingerprint density at radius 1 is 1.20 bits per heavy atom. The van der Waals surface area contributed by atoms with E-state index in [0.29, 0.717) is 18.4 Å². The molecule has 0 saturated heterocycles. The lowest BCUT2D eigenvalue weighted by Gasteiger charge is -2.12. The van der Waals surface area contributed by atoms with Crippen LogP contribution in [0.15, 0.2) is 24.3 Å². The Hall–Kier alpha value is -1.23. The molecule has 0 unspecified atom stereocenters. The minimum absolute atomic E-state index is 0.168. The van der Waals surface area contributed by atoms with E-state index in [2.05, 4.69) is 4.74 Å². The number of hydrogen-bond donors (Lipinski definition) is 0. The zero-order chi connectivity index (χ0) is 11.3. The molecule has 0 aromatic heterocycles. The van der Waals surface area contributed by atoms with Crippen LogP contribution in [-0.4, -0.2) is 12.9 Å². The first-order valence-electron chi connectivity index (χ1n) is 4.51. The maximum atomic E-state index is 12.0. The second-order valence-electron chi connectivity index (χ2n) is 3.01. The number of rotatable bonds is 4. The van der Waals surface area contributed by atoms with Gasteiger partial charge in [0.2, 0.25) is 0 Å². The second-order valence-corrected chi connectivity index (χ2v) is 3.01. The van der Waals surface area contributed by atoms with Crippen molar-refractivity contribution in [3.05, 3.63) is 29.8 Å². The van der Waals surface area contributed by atoms with Gasteiger partial charge in [0.15, 0.2) is 0 Å². The molecule has 5 heteroatoms. The van der Waals surface area contributed by atoms with Crippen molar-refractivity contribution in [3.8, 4) is 5.75 Å². The molecule has 0 spiro atoms. The molecule has 1 aromatic rings. The van der Waals surface area contributed by atoms with Crippen molar-refractivity contribution in [1.82, 2.24) is 5.73 Å². The predicted octanol–water partition coefficient (Wildman–Crippen LogP) is 2.80. The minimum atomic E-state index is -4.66. The van der Waals surface area contributed by atoms with Gasteiger partial charge in [-0.25, -0.2) is 0 Å². The Morgan fingerprint density at radius 2 is 1.87 bits per heavy atom. The number of halogens is 3. The summed E-state index contributed by atoms with van der Waals surface area (Å²) >= 11 is 0. The Labute approximate surface area is 85.8 Å². The molecule has 1 aromatic carbocycles. The first-order chi connectivity index (χ1) is 7.03. The van der Waals surface area contributed by atoms with Crippen LogP contribution in [0.25, 0.3) is 0 Å². The van der Waals surface area contributed by atoms with Gasteiger partial charge in [0.05, 0.1) is 0 Å². The van der Waals surface area contributed by atoms with Gasteiger partial charge < -0.3 is 4.74 Å². The van der Waals surface area contributed by atoms with E-state index in [9.17, 15) is 13.2 Å². The minimum Gasteiger partial charge on any atom is -0.406 e. The van der Waals surface area contributed by atoms with Crippen LogP contribution in [0.2, 0.25) is 0 Å². The summed E-state index contributed by atoms with van der Waals surface area (Å²) in [5.41, 5.74) is 7.43. The van der Waals surface area contributed by atoms with Gasteiger partial charge in [-0.3, -0.25) is 5.73 Å². The van der Waals surface area contributed by atoms with Crippen molar-refractivity contribution in [3.63, 3.8) is 0 Å². The van der Waals surface area contributed by atoms with Gasteiger partial charge in [0, 0.05) is 6.54 Å². The van der Waals surface area contributed by atoms with Gasteiger partial charge in [0.25, 0.3) is 0 Å². The molecule has 15 heavy (non-hydrogen) atoms. The normalized spacial score (nSPS) is 11.5. The number of nitrogens with one attached hydrogen (secondary N) is 1. The molecule has 1 N–H and O–H groups in total. The van der Waals surface area contributed by atoms with Crippen LogP contribution in [0.4, 0.5) is 13.2 Å². The molecule has 0 aliphatic carbocycles. The Balaban J connectivity index is 2.77. The van der Waals surface area contributed by atoms with E-state index >= 15 is 0 Å². The van der Waals surface area contributed by atoms with Crippen molar-refractivity contribution >= 4 is 0 Å². The molecule has 0 fully saturated rings. The molecule has 0 saturated carbocycles. The summed E-state index contributed by atoms with van der Waals surface area (Å²) in [4.78, 5) is 0. The van der Waals surface area contributed by atoms with Crippen molar-refractivity contribution in [2.45, 2.75) is 19.2 Å². The first kappa shape index (κ1) is 11.8. The summed E-state index contributed by atoms with van der Waals surface area (Å²) in [7, 11) is 0. The molecule has 1 rings (SSSR count). The van der Waals surface area contributed by atoms with Gasteiger partial charge in [-0.1, -0.05) is 18.2 Å². The van der Waals surface area contributed by atoms with E-state index in [-0.39, 0.29) is 12.3 Å². The Morgan fingerprint density at radius 3 is 2.47 bits per heavy atom. The van der Waals surface area contributed by atoms with Crippen LogP contribution >= 0.6 is 0 Å². The average Bonchev–Trinajstić information content (AvgIpc) is 2.14. The highest BCUT2D eigenvalue weighted by Crippen LogP contribution is 2.26. The van der Waals surface area contributed by atoms with Gasteiger partial charge in [-0.05, 0) is 24.5 Å². The fraction of sp³-hybridized carbons (Fsp3) is 0.400. The quantitative estimate of drug-likeness (QED) is 0.764. The third kappa shape index (κ3) is 4.20. The molecular formula is C10H11F3NO. The van der Waals surface area contributed by atoms with Crippen molar-refractivity contribution in [2.24, 2.45) is 0 Å². The largest absolute Gasteiger partial charge is 0.573 e.